The van der Waals surface area contributed by atoms with Crippen LogP contribution in [0.2, 0.25) is 5.02 Å². The lowest BCUT2D eigenvalue weighted by Gasteiger charge is -2.33. The highest BCUT2D eigenvalue weighted by Crippen LogP contribution is 2.38. The van der Waals surface area contributed by atoms with Crippen molar-refractivity contribution in [3.05, 3.63) is 59.4 Å². The Hall–Kier alpha value is -2.10. The van der Waals surface area contributed by atoms with Gasteiger partial charge in [0.25, 0.3) is 0 Å². The van der Waals surface area contributed by atoms with Crippen LogP contribution in [0.4, 0.5) is 18.9 Å². The molecule has 33 heavy (non-hydrogen) atoms. The van der Waals surface area contributed by atoms with Gasteiger partial charge in [-0.3, -0.25) is 9.98 Å². The molecule has 2 aromatic rings. The molecule has 0 aliphatic heterocycles. The number of benzene rings is 1. The van der Waals surface area contributed by atoms with Crippen molar-refractivity contribution in [1.82, 2.24) is 9.88 Å². The molecular weight excluding hydrogens is 496 g/mol. The summed E-state index contributed by atoms with van der Waals surface area (Å²) in [5.41, 5.74) is 0.0542. The summed E-state index contributed by atoms with van der Waals surface area (Å²) in [5, 5.41) is 9.78. The minimum atomic E-state index is -4.56. The van der Waals surface area contributed by atoms with Crippen molar-refractivity contribution in [1.29, 1.82) is 0 Å². The number of amidine groups is 1. The van der Waals surface area contributed by atoms with Crippen LogP contribution in [0.15, 0.2) is 53.0 Å². The van der Waals surface area contributed by atoms with Gasteiger partial charge in [-0.15, -0.1) is 6.58 Å². The van der Waals surface area contributed by atoms with Crippen LogP contribution in [0, 0.1) is 0 Å². The molecule has 0 radical (unpaired) electrons. The molecule has 1 aromatic carbocycles. The van der Waals surface area contributed by atoms with Gasteiger partial charge in [0, 0.05) is 24.1 Å². The SMILES string of the molecule is C=CC.CN=C(Cl)N(C(C)C)C(C)c1ncc(O)cc1NSc1ccc(Cl)c(C(F)(F)F)c1. The summed E-state index contributed by atoms with van der Waals surface area (Å²) in [6, 6.07) is 4.73. The van der Waals surface area contributed by atoms with Crippen molar-refractivity contribution in [2.24, 2.45) is 4.99 Å². The first-order valence-corrected chi connectivity index (χ1v) is 11.4. The zero-order chi connectivity index (χ0) is 25.3. The van der Waals surface area contributed by atoms with Gasteiger partial charge >= 0.3 is 6.18 Å². The van der Waals surface area contributed by atoms with E-state index in [9.17, 15) is 18.3 Å². The molecule has 0 fully saturated rings. The molecule has 0 saturated carbocycles. The number of hydrogen-bond acceptors (Lipinski definition) is 5. The molecule has 0 aliphatic carbocycles. The van der Waals surface area contributed by atoms with Crippen molar-refractivity contribution in [2.75, 3.05) is 11.8 Å². The maximum atomic E-state index is 13.1. The smallest absolute Gasteiger partial charge is 0.417 e. The lowest BCUT2D eigenvalue weighted by molar-refractivity contribution is -0.137. The number of pyridine rings is 1. The quantitative estimate of drug-likeness (QED) is 0.133. The molecule has 0 bridgehead atoms. The Kier molecular flexibility index (Phi) is 11.4. The maximum Gasteiger partial charge on any atom is 0.417 e. The summed E-state index contributed by atoms with van der Waals surface area (Å²) in [6.07, 6.45) is -1.52. The first-order chi connectivity index (χ1) is 15.4. The van der Waals surface area contributed by atoms with E-state index in [-0.39, 0.29) is 22.9 Å². The highest BCUT2D eigenvalue weighted by Gasteiger charge is 2.33. The molecule has 11 heteroatoms. The predicted molar refractivity (Wildman–Crippen MR) is 132 cm³/mol. The number of anilines is 1. The lowest BCUT2D eigenvalue weighted by atomic mass is 10.1. The van der Waals surface area contributed by atoms with Gasteiger partial charge in [0.1, 0.15) is 5.75 Å². The molecule has 0 amide bonds. The highest BCUT2D eigenvalue weighted by molar-refractivity contribution is 8.00. The fraction of sp³-hybridized carbons (Fsp3) is 0.364. The number of aromatic hydroxyl groups is 1. The molecule has 1 aromatic heterocycles. The van der Waals surface area contributed by atoms with E-state index in [1.54, 1.807) is 13.1 Å². The van der Waals surface area contributed by atoms with Crippen molar-refractivity contribution in [3.8, 4) is 5.75 Å². The molecule has 182 valence electrons. The Bertz CT molecular complexity index is 971. The Morgan fingerprint density at radius 2 is 1.91 bits per heavy atom. The predicted octanol–water partition coefficient (Wildman–Crippen LogP) is 7.77. The minimum absolute atomic E-state index is 0.00193. The Morgan fingerprint density at radius 3 is 2.42 bits per heavy atom. The number of hydrogen-bond donors (Lipinski definition) is 2. The Balaban J connectivity index is 0.00000172. The minimum Gasteiger partial charge on any atom is -0.506 e. The normalized spacial score (nSPS) is 12.6. The summed E-state index contributed by atoms with van der Waals surface area (Å²) in [6.45, 7) is 11.0. The van der Waals surface area contributed by atoms with Gasteiger partial charge in [-0.05, 0) is 69.4 Å². The molecular formula is C22H27Cl2F3N4OS. The van der Waals surface area contributed by atoms with Gasteiger partial charge in [-0.1, -0.05) is 17.7 Å². The molecule has 1 unspecified atom stereocenters. The molecule has 5 nitrogen and oxygen atoms in total. The first-order valence-electron chi connectivity index (χ1n) is 9.83. The van der Waals surface area contributed by atoms with Crippen LogP contribution in [0.3, 0.4) is 0 Å². The van der Waals surface area contributed by atoms with Crippen LogP contribution in [-0.2, 0) is 6.18 Å². The number of aromatic nitrogens is 1. The van der Waals surface area contributed by atoms with E-state index >= 15 is 0 Å². The molecule has 2 N–H and O–H groups in total. The number of nitrogens with one attached hydrogen (secondary N) is 1. The molecule has 0 saturated heterocycles. The highest BCUT2D eigenvalue weighted by atomic mass is 35.5. The summed E-state index contributed by atoms with van der Waals surface area (Å²) in [5.74, 6) is -0.0903. The monoisotopic (exact) mass is 522 g/mol. The fourth-order valence-electron chi connectivity index (χ4n) is 2.85. The number of rotatable bonds is 6. The summed E-state index contributed by atoms with van der Waals surface area (Å²) in [4.78, 5) is 10.5. The third-order valence-corrected chi connectivity index (χ3v) is 5.70. The fourth-order valence-corrected chi connectivity index (χ4v) is 4.12. The zero-order valence-corrected chi connectivity index (χ0v) is 21.2. The van der Waals surface area contributed by atoms with Crippen LogP contribution < -0.4 is 4.72 Å². The van der Waals surface area contributed by atoms with Gasteiger partial charge in [0.05, 0.1) is 34.2 Å². The van der Waals surface area contributed by atoms with Crippen molar-refractivity contribution >= 4 is 46.1 Å². The van der Waals surface area contributed by atoms with Gasteiger partial charge in [-0.2, -0.15) is 13.2 Å². The van der Waals surface area contributed by atoms with Crippen LogP contribution >= 0.6 is 35.1 Å². The zero-order valence-electron chi connectivity index (χ0n) is 18.9. The van der Waals surface area contributed by atoms with E-state index in [1.165, 1.54) is 24.4 Å². The standard InChI is InChI=1S/C19H21Cl2F3N4OS.C3H6/c1-10(2)28(18(21)25-4)11(3)17-16(7-12(29)9-26-17)27-30-13-5-6-15(20)14(8-13)19(22,23)24;1-3-2/h5-11,27,29H,1-4H3;3H,1H2,2H3. The van der Waals surface area contributed by atoms with E-state index in [0.717, 1.165) is 18.0 Å². The van der Waals surface area contributed by atoms with Gasteiger partial charge in [-0.25, -0.2) is 0 Å². The van der Waals surface area contributed by atoms with Crippen LogP contribution in [-0.4, -0.2) is 33.4 Å². The third-order valence-electron chi connectivity index (χ3n) is 4.19. The van der Waals surface area contributed by atoms with Gasteiger partial charge < -0.3 is 14.7 Å². The van der Waals surface area contributed by atoms with E-state index in [1.807, 2.05) is 32.6 Å². The number of aliphatic imine (C=N–C) groups is 1. The average molecular weight is 523 g/mol. The second kappa shape index (κ2) is 13.0. The van der Waals surface area contributed by atoms with Crippen LogP contribution in [0.5, 0.6) is 5.75 Å². The third kappa shape index (κ3) is 8.32. The van der Waals surface area contributed by atoms with E-state index in [2.05, 4.69) is 21.3 Å². The second-order valence-electron chi connectivity index (χ2n) is 7.05. The van der Waals surface area contributed by atoms with Crippen molar-refractivity contribution in [3.63, 3.8) is 0 Å². The van der Waals surface area contributed by atoms with Crippen molar-refractivity contribution < 1.29 is 18.3 Å². The van der Waals surface area contributed by atoms with Gasteiger partial charge in [0.2, 0.25) is 0 Å². The van der Waals surface area contributed by atoms with Crippen LogP contribution in [0.1, 0.15) is 45.0 Å². The average Bonchev–Trinajstić information content (AvgIpc) is 2.72. The number of allylic oxidation sites excluding steroid dienone is 1. The van der Waals surface area contributed by atoms with Crippen molar-refractivity contribution in [2.45, 2.75) is 50.9 Å². The van der Waals surface area contributed by atoms with E-state index in [0.29, 0.717) is 21.6 Å². The molecule has 2 rings (SSSR count). The molecule has 1 heterocycles. The largest absolute Gasteiger partial charge is 0.506 e. The molecule has 0 aliphatic rings. The Morgan fingerprint density at radius 1 is 1.30 bits per heavy atom. The number of nitrogens with zero attached hydrogens (tertiary/aromatic N) is 3. The number of alkyl halides is 3. The summed E-state index contributed by atoms with van der Waals surface area (Å²) >= 11 is 12.9. The Labute approximate surface area is 206 Å². The molecule has 0 spiro atoms. The van der Waals surface area contributed by atoms with E-state index < -0.39 is 11.7 Å². The summed E-state index contributed by atoms with van der Waals surface area (Å²) < 4.78 is 42.3. The molecule has 1 atom stereocenters. The number of halogens is 5. The maximum absolute atomic E-state index is 13.1. The van der Waals surface area contributed by atoms with E-state index in [4.69, 9.17) is 23.2 Å². The van der Waals surface area contributed by atoms with Crippen LogP contribution in [0.25, 0.3) is 0 Å². The second-order valence-corrected chi connectivity index (χ2v) is 8.67. The first kappa shape index (κ1) is 28.9. The lowest BCUT2D eigenvalue weighted by Crippen LogP contribution is -2.37. The summed E-state index contributed by atoms with van der Waals surface area (Å²) in [7, 11) is 1.57. The van der Waals surface area contributed by atoms with Gasteiger partial charge in [0.15, 0.2) is 5.29 Å². The topological polar surface area (TPSA) is 60.8 Å².